The quantitative estimate of drug-likeness (QED) is 0.889. The second-order valence-electron chi connectivity index (χ2n) is 5.63. The van der Waals surface area contributed by atoms with E-state index in [-0.39, 0.29) is 5.91 Å². The summed E-state index contributed by atoms with van der Waals surface area (Å²) in [7, 11) is 0. The lowest BCUT2D eigenvalue weighted by Gasteiger charge is -2.30. The Balaban J connectivity index is 1.85. The average Bonchev–Trinajstić information content (AvgIpc) is 2.53. The summed E-state index contributed by atoms with van der Waals surface area (Å²) in [5.74, 6) is -1.36. The first-order valence-corrected chi connectivity index (χ1v) is 8.05. The van der Waals surface area contributed by atoms with Gasteiger partial charge in [-0.1, -0.05) is 28.1 Å². The third-order valence-electron chi connectivity index (χ3n) is 4.11. The van der Waals surface area contributed by atoms with Crippen LogP contribution in [0.2, 0.25) is 0 Å². The van der Waals surface area contributed by atoms with Crippen LogP contribution in [-0.2, 0) is 4.79 Å². The van der Waals surface area contributed by atoms with Gasteiger partial charge in [0.2, 0.25) is 0 Å². The summed E-state index contributed by atoms with van der Waals surface area (Å²) in [4.78, 5) is 25.4. The number of carboxylic acids is 1. The van der Waals surface area contributed by atoms with Gasteiger partial charge in [0.25, 0.3) is 5.91 Å². The molecule has 0 radical (unpaired) electrons. The lowest BCUT2D eigenvalue weighted by atomic mass is 9.97. The summed E-state index contributed by atoms with van der Waals surface area (Å²) in [5, 5.41) is 11.2. The zero-order valence-corrected chi connectivity index (χ0v) is 13.5. The first-order valence-electron chi connectivity index (χ1n) is 7.26. The Morgan fingerprint density at radius 1 is 1.14 bits per heavy atom. The fourth-order valence-electron chi connectivity index (χ4n) is 2.90. The summed E-state index contributed by atoms with van der Waals surface area (Å²) in [5.41, 5.74) is 0.612. The molecule has 0 unspecified atom stereocenters. The molecule has 1 amide bonds. The van der Waals surface area contributed by atoms with E-state index in [9.17, 15) is 9.59 Å². The van der Waals surface area contributed by atoms with Crippen molar-refractivity contribution in [2.75, 3.05) is 13.1 Å². The molecule has 0 spiro atoms. The Kier molecular flexibility index (Phi) is 4.16. The van der Waals surface area contributed by atoms with E-state index in [1.54, 1.807) is 4.90 Å². The van der Waals surface area contributed by atoms with Gasteiger partial charge in [-0.25, -0.2) is 0 Å². The van der Waals surface area contributed by atoms with Crippen molar-refractivity contribution in [3.63, 3.8) is 0 Å². The van der Waals surface area contributed by atoms with Gasteiger partial charge in [0.1, 0.15) is 0 Å². The molecule has 0 aromatic heterocycles. The second kappa shape index (κ2) is 6.08. The fraction of sp³-hybridized carbons (Fsp3) is 0.294. The molecule has 4 nitrogen and oxygen atoms in total. The van der Waals surface area contributed by atoms with E-state index in [1.807, 2.05) is 36.4 Å². The highest BCUT2D eigenvalue weighted by atomic mass is 79.9. The predicted molar refractivity (Wildman–Crippen MR) is 87.9 cm³/mol. The lowest BCUT2D eigenvalue weighted by molar-refractivity contribution is -0.143. The van der Waals surface area contributed by atoms with Crippen molar-refractivity contribution in [3.8, 4) is 0 Å². The second-order valence-corrected chi connectivity index (χ2v) is 6.55. The minimum absolute atomic E-state index is 0.0873. The number of fused-ring (bicyclic) bond motifs is 1. The van der Waals surface area contributed by atoms with Gasteiger partial charge in [-0.15, -0.1) is 0 Å². The molecule has 1 atom stereocenters. The van der Waals surface area contributed by atoms with Crippen LogP contribution in [0.5, 0.6) is 0 Å². The topological polar surface area (TPSA) is 57.6 Å². The molecule has 1 heterocycles. The maximum absolute atomic E-state index is 12.6. The standard InChI is InChI=1S/C17H16BrNO3/c18-15-6-5-11-8-13(4-3-12(11)9-15)16(20)19-7-1-2-14(10-19)17(21)22/h3-6,8-9,14H,1-2,7,10H2,(H,21,22)/t14-/m0/s1. The van der Waals surface area contributed by atoms with E-state index >= 15 is 0 Å². The number of nitrogens with zero attached hydrogens (tertiary/aromatic N) is 1. The van der Waals surface area contributed by atoms with Gasteiger partial charge < -0.3 is 10.0 Å². The smallest absolute Gasteiger partial charge is 0.308 e. The number of carbonyl (C=O) groups is 2. The van der Waals surface area contributed by atoms with Crippen molar-refractivity contribution in [3.05, 3.63) is 46.4 Å². The zero-order chi connectivity index (χ0) is 15.7. The monoisotopic (exact) mass is 361 g/mol. The number of carbonyl (C=O) groups excluding carboxylic acids is 1. The highest BCUT2D eigenvalue weighted by Gasteiger charge is 2.28. The highest BCUT2D eigenvalue weighted by Crippen LogP contribution is 2.23. The minimum Gasteiger partial charge on any atom is -0.481 e. The maximum Gasteiger partial charge on any atom is 0.308 e. The molecule has 3 rings (SSSR count). The predicted octanol–water partition coefficient (Wildman–Crippen LogP) is 3.54. The Morgan fingerprint density at radius 2 is 1.86 bits per heavy atom. The third kappa shape index (κ3) is 2.99. The maximum atomic E-state index is 12.6. The van der Waals surface area contributed by atoms with E-state index in [4.69, 9.17) is 5.11 Å². The summed E-state index contributed by atoms with van der Waals surface area (Å²) in [6.45, 7) is 0.924. The number of hydrogen-bond donors (Lipinski definition) is 1. The van der Waals surface area contributed by atoms with Crippen molar-refractivity contribution in [2.45, 2.75) is 12.8 Å². The molecular formula is C17H16BrNO3. The van der Waals surface area contributed by atoms with Crippen LogP contribution >= 0.6 is 15.9 Å². The number of hydrogen-bond acceptors (Lipinski definition) is 2. The minimum atomic E-state index is -0.819. The van der Waals surface area contributed by atoms with Gasteiger partial charge in [0, 0.05) is 23.1 Å². The number of likely N-dealkylation sites (tertiary alicyclic amines) is 1. The molecule has 1 fully saturated rings. The van der Waals surface area contributed by atoms with Gasteiger partial charge >= 0.3 is 5.97 Å². The van der Waals surface area contributed by atoms with Crippen LogP contribution in [-0.4, -0.2) is 35.0 Å². The van der Waals surface area contributed by atoms with E-state index in [0.717, 1.165) is 21.7 Å². The lowest BCUT2D eigenvalue weighted by Crippen LogP contribution is -2.42. The molecule has 1 N–H and O–H groups in total. The summed E-state index contributed by atoms with van der Waals surface area (Å²) < 4.78 is 0.999. The highest BCUT2D eigenvalue weighted by molar-refractivity contribution is 9.10. The number of amides is 1. The third-order valence-corrected chi connectivity index (χ3v) is 4.60. The molecular weight excluding hydrogens is 346 g/mol. The molecule has 2 aromatic carbocycles. The van der Waals surface area contributed by atoms with Crippen molar-refractivity contribution < 1.29 is 14.7 Å². The first-order chi connectivity index (χ1) is 10.5. The van der Waals surface area contributed by atoms with E-state index in [0.29, 0.717) is 25.1 Å². The molecule has 1 aliphatic heterocycles. The molecule has 0 aliphatic carbocycles. The summed E-state index contributed by atoms with van der Waals surface area (Å²) >= 11 is 3.43. The van der Waals surface area contributed by atoms with Crippen LogP contribution < -0.4 is 0 Å². The number of rotatable bonds is 2. The Morgan fingerprint density at radius 3 is 2.64 bits per heavy atom. The van der Waals surface area contributed by atoms with Crippen molar-refractivity contribution in [2.24, 2.45) is 5.92 Å². The summed E-state index contributed by atoms with van der Waals surface area (Å²) in [6.07, 6.45) is 1.38. The van der Waals surface area contributed by atoms with Crippen molar-refractivity contribution in [1.82, 2.24) is 4.90 Å². The molecule has 0 saturated carbocycles. The Hall–Kier alpha value is -1.88. The Labute approximate surface area is 136 Å². The molecule has 1 aliphatic rings. The number of benzene rings is 2. The average molecular weight is 362 g/mol. The molecule has 1 saturated heterocycles. The van der Waals surface area contributed by atoms with Gasteiger partial charge in [-0.05, 0) is 47.9 Å². The van der Waals surface area contributed by atoms with Crippen molar-refractivity contribution in [1.29, 1.82) is 0 Å². The molecule has 22 heavy (non-hydrogen) atoms. The normalized spacial score (nSPS) is 18.4. The molecule has 2 aromatic rings. The SMILES string of the molecule is O=C(O)[C@H]1CCCN(C(=O)c2ccc3cc(Br)ccc3c2)C1. The van der Waals surface area contributed by atoms with E-state index in [1.165, 1.54) is 0 Å². The van der Waals surface area contributed by atoms with Crippen LogP contribution in [0, 0.1) is 5.92 Å². The van der Waals surface area contributed by atoms with E-state index in [2.05, 4.69) is 15.9 Å². The van der Waals surface area contributed by atoms with Gasteiger partial charge in [0.05, 0.1) is 5.92 Å². The Bertz CT molecular complexity index is 744. The van der Waals surface area contributed by atoms with Crippen LogP contribution in [0.1, 0.15) is 23.2 Å². The van der Waals surface area contributed by atoms with Gasteiger partial charge in [-0.3, -0.25) is 9.59 Å². The van der Waals surface area contributed by atoms with Crippen LogP contribution in [0.4, 0.5) is 0 Å². The molecule has 5 heteroatoms. The number of halogens is 1. The van der Waals surface area contributed by atoms with Crippen LogP contribution in [0.15, 0.2) is 40.9 Å². The fourth-order valence-corrected chi connectivity index (χ4v) is 3.27. The molecule has 0 bridgehead atoms. The zero-order valence-electron chi connectivity index (χ0n) is 12.0. The van der Waals surface area contributed by atoms with Crippen LogP contribution in [0.3, 0.4) is 0 Å². The van der Waals surface area contributed by atoms with E-state index < -0.39 is 11.9 Å². The van der Waals surface area contributed by atoms with Crippen molar-refractivity contribution >= 4 is 38.6 Å². The summed E-state index contributed by atoms with van der Waals surface area (Å²) in [6, 6.07) is 11.5. The van der Waals surface area contributed by atoms with Crippen LogP contribution in [0.25, 0.3) is 10.8 Å². The number of carboxylic acid groups (broad SMARTS) is 1. The molecule has 114 valence electrons. The number of aliphatic carboxylic acids is 1. The van der Waals surface area contributed by atoms with Gasteiger partial charge in [0.15, 0.2) is 0 Å². The van der Waals surface area contributed by atoms with Gasteiger partial charge in [-0.2, -0.15) is 0 Å². The largest absolute Gasteiger partial charge is 0.481 e. The number of piperidine rings is 1. The first kappa shape index (κ1) is 15.0.